The van der Waals surface area contributed by atoms with Gasteiger partial charge in [0.2, 0.25) is 0 Å². The summed E-state index contributed by atoms with van der Waals surface area (Å²) in [4.78, 5) is 3.18. The summed E-state index contributed by atoms with van der Waals surface area (Å²) >= 11 is 1.67. The fraction of sp³-hybridized carbons (Fsp3) is 0.364. The molecule has 3 nitrogen and oxygen atoms in total. The third-order valence-corrected chi connectivity index (χ3v) is 3.23. The van der Waals surface area contributed by atoms with Gasteiger partial charge in [-0.2, -0.15) is 0 Å². The number of amidine groups is 1. The molecule has 1 aromatic rings. The standard InChI is InChI=1S/C11H16N2OS.HI/c1-12(2)11(13(3)4)15-10-7-5-9(14)6-8-10;/h5-8H,1-4H3;1H. The predicted molar refractivity (Wildman–Crippen MR) is 64.8 cm³/mol. The highest BCUT2D eigenvalue weighted by molar-refractivity contribution is 8.13. The normalized spacial score (nSPS) is 9.25. The molecule has 0 spiro atoms. The second-order valence-corrected chi connectivity index (χ2v) is 4.71. The summed E-state index contributed by atoms with van der Waals surface area (Å²) in [6.45, 7) is 0. The van der Waals surface area contributed by atoms with E-state index < -0.39 is 0 Å². The molecule has 1 rings (SSSR count). The SMILES string of the molecule is CN(C)C(Sc1ccc(O)cc1)=[N+](C)C.[I-]. The quantitative estimate of drug-likeness (QED) is 0.223. The van der Waals surface area contributed by atoms with Crippen LogP contribution in [0.4, 0.5) is 0 Å². The first-order valence-corrected chi connectivity index (χ1v) is 5.51. The Morgan fingerprint density at radius 1 is 1.19 bits per heavy atom. The molecule has 1 N–H and O–H groups in total. The van der Waals surface area contributed by atoms with Crippen LogP contribution in [0.1, 0.15) is 0 Å². The van der Waals surface area contributed by atoms with Crippen molar-refractivity contribution < 1.29 is 33.7 Å². The number of rotatable bonds is 1. The molecule has 0 atom stereocenters. The van der Waals surface area contributed by atoms with Crippen molar-refractivity contribution in [3.8, 4) is 5.75 Å². The maximum Gasteiger partial charge on any atom is 0.312 e. The fourth-order valence-corrected chi connectivity index (χ4v) is 2.05. The molecule has 5 heteroatoms. The number of halogens is 1. The van der Waals surface area contributed by atoms with E-state index in [-0.39, 0.29) is 24.0 Å². The summed E-state index contributed by atoms with van der Waals surface area (Å²) in [6.07, 6.45) is 0. The molecule has 0 unspecified atom stereocenters. The number of aromatic hydroxyl groups is 1. The van der Waals surface area contributed by atoms with Crippen LogP contribution in [0.5, 0.6) is 5.75 Å². The Morgan fingerprint density at radius 3 is 2.06 bits per heavy atom. The first kappa shape index (κ1) is 15.6. The van der Waals surface area contributed by atoms with Gasteiger partial charge < -0.3 is 29.1 Å². The summed E-state index contributed by atoms with van der Waals surface area (Å²) in [5.41, 5.74) is 0. The molecule has 0 fully saturated rings. The van der Waals surface area contributed by atoms with Crippen molar-refractivity contribution in [3.05, 3.63) is 24.3 Å². The van der Waals surface area contributed by atoms with E-state index >= 15 is 0 Å². The van der Waals surface area contributed by atoms with Crippen LogP contribution in [-0.2, 0) is 0 Å². The Labute approximate surface area is 118 Å². The first-order valence-electron chi connectivity index (χ1n) is 4.69. The molecule has 0 aliphatic heterocycles. The van der Waals surface area contributed by atoms with Gasteiger partial charge in [0.25, 0.3) is 0 Å². The lowest BCUT2D eigenvalue weighted by molar-refractivity contribution is -0.466. The molecule has 0 aliphatic rings. The van der Waals surface area contributed by atoms with E-state index in [1.165, 1.54) is 0 Å². The zero-order valence-corrected chi connectivity index (χ0v) is 12.9. The van der Waals surface area contributed by atoms with Crippen molar-refractivity contribution in [1.82, 2.24) is 4.90 Å². The molecule has 1 aromatic carbocycles. The minimum atomic E-state index is 0. The Morgan fingerprint density at radius 2 is 1.69 bits per heavy atom. The van der Waals surface area contributed by atoms with Crippen LogP contribution in [0.15, 0.2) is 29.2 Å². The van der Waals surface area contributed by atoms with Crippen molar-refractivity contribution in [2.75, 3.05) is 28.2 Å². The maximum absolute atomic E-state index is 9.17. The summed E-state index contributed by atoms with van der Waals surface area (Å²) in [6, 6.07) is 7.22. The molecule has 0 saturated heterocycles. The monoisotopic (exact) mass is 352 g/mol. The van der Waals surface area contributed by atoms with E-state index in [1.807, 2.05) is 40.3 Å². The van der Waals surface area contributed by atoms with Gasteiger partial charge in [0.05, 0.1) is 28.2 Å². The molecule has 0 aliphatic carbocycles. The van der Waals surface area contributed by atoms with E-state index in [4.69, 9.17) is 0 Å². The Hall–Kier alpha value is -0.430. The summed E-state index contributed by atoms with van der Waals surface area (Å²) < 4.78 is 2.07. The third-order valence-electron chi connectivity index (χ3n) is 1.81. The number of phenolic OH excluding ortho intramolecular Hbond substituents is 1. The highest BCUT2D eigenvalue weighted by Crippen LogP contribution is 2.22. The van der Waals surface area contributed by atoms with E-state index in [1.54, 1.807) is 23.9 Å². The maximum atomic E-state index is 9.17. The van der Waals surface area contributed by atoms with E-state index in [0.717, 1.165) is 10.1 Å². The number of phenols is 1. The van der Waals surface area contributed by atoms with Crippen molar-refractivity contribution in [1.29, 1.82) is 0 Å². The van der Waals surface area contributed by atoms with Crippen LogP contribution < -0.4 is 24.0 Å². The van der Waals surface area contributed by atoms with Gasteiger partial charge in [-0.15, -0.1) is 0 Å². The van der Waals surface area contributed by atoms with Gasteiger partial charge in [-0.25, -0.2) is 0 Å². The highest BCUT2D eigenvalue weighted by atomic mass is 127. The molecule has 16 heavy (non-hydrogen) atoms. The molecule has 0 bridgehead atoms. The Balaban J connectivity index is 0.00000225. The van der Waals surface area contributed by atoms with E-state index in [2.05, 4.69) is 9.48 Å². The summed E-state index contributed by atoms with van der Waals surface area (Å²) in [5, 5.41) is 10.3. The zero-order valence-electron chi connectivity index (χ0n) is 9.94. The van der Waals surface area contributed by atoms with Gasteiger partial charge >= 0.3 is 5.17 Å². The molecule has 0 radical (unpaired) electrons. The van der Waals surface area contributed by atoms with E-state index in [9.17, 15) is 5.11 Å². The van der Waals surface area contributed by atoms with Crippen LogP contribution >= 0.6 is 11.8 Å². The molecule has 0 amide bonds. The van der Waals surface area contributed by atoms with Crippen LogP contribution in [0, 0.1) is 0 Å². The fourth-order valence-electron chi connectivity index (χ4n) is 1.20. The van der Waals surface area contributed by atoms with Crippen LogP contribution in [-0.4, -0.2) is 47.9 Å². The highest BCUT2D eigenvalue weighted by Gasteiger charge is 2.13. The van der Waals surface area contributed by atoms with Crippen molar-refractivity contribution >= 4 is 16.9 Å². The minimum absolute atomic E-state index is 0. The van der Waals surface area contributed by atoms with Gasteiger partial charge in [0.1, 0.15) is 5.75 Å². The average molecular weight is 352 g/mol. The van der Waals surface area contributed by atoms with Crippen LogP contribution in [0.25, 0.3) is 0 Å². The Bertz CT molecular complexity index is 359. The molecular weight excluding hydrogens is 335 g/mol. The van der Waals surface area contributed by atoms with Gasteiger partial charge in [-0.3, -0.25) is 9.48 Å². The minimum Gasteiger partial charge on any atom is -1.00 e. The second kappa shape index (κ2) is 7.01. The molecular formula is C11H17IN2OS. The molecule has 90 valence electrons. The Kier molecular flexibility index (Phi) is 6.82. The topological polar surface area (TPSA) is 26.5 Å². The lowest BCUT2D eigenvalue weighted by Crippen LogP contribution is -3.00. The largest absolute Gasteiger partial charge is 1.00 e. The van der Waals surface area contributed by atoms with Crippen molar-refractivity contribution in [2.24, 2.45) is 0 Å². The van der Waals surface area contributed by atoms with Crippen molar-refractivity contribution in [3.63, 3.8) is 0 Å². The lowest BCUT2D eigenvalue weighted by atomic mass is 10.3. The predicted octanol–water partition coefficient (Wildman–Crippen LogP) is -1.32. The third kappa shape index (κ3) is 4.61. The number of benzene rings is 1. The van der Waals surface area contributed by atoms with Gasteiger partial charge in [0, 0.05) is 4.90 Å². The van der Waals surface area contributed by atoms with Crippen LogP contribution in [0.2, 0.25) is 0 Å². The molecule has 0 saturated carbocycles. The lowest BCUT2D eigenvalue weighted by Gasteiger charge is -2.10. The molecule has 0 aromatic heterocycles. The second-order valence-electron chi connectivity index (χ2n) is 3.67. The number of thioether (sulfide) groups is 1. The summed E-state index contributed by atoms with van der Waals surface area (Å²) in [7, 11) is 8.07. The first-order chi connectivity index (χ1) is 7.00. The van der Waals surface area contributed by atoms with Gasteiger partial charge in [-0.1, -0.05) is 0 Å². The van der Waals surface area contributed by atoms with Gasteiger partial charge in [-0.05, 0) is 36.0 Å². The average Bonchev–Trinajstić information content (AvgIpc) is 2.15. The number of hydrogen-bond acceptors (Lipinski definition) is 2. The zero-order chi connectivity index (χ0) is 11.4. The summed E-state index contributed by atoms with van der Waals surface area (Å²) in [5.74, 6) is 0.301. The van der Waals surface area contributed by atoms with Gasteiger partial charge in [0.15, 0.2) is 0 Å². The van der Waals surface area contributed by atoms with Crippen molar-refractivity contribution in [2.45, 2.75) is 4.90 Å². The number of nitrogens with zero attached hydrogens (tertiary/aromatic N) is 2. The van der Waals surface area contributed by atoms with Crippen LogP contribution in [0.3, 0.4) is 0 Å². The smallest absolute Gasteiger partial charge is 0.312 e. The van der Waals surface area contributed by atoms with E-state index in [0.29, 0.717) is 5.75 Å². The number of hydrogen-bond donors (Lipinski definition) is 1. The molecule has 0 heterocycles.